The Morgan fingerprint density at radius 1 is 0.966 bits per heavy atom. The van der Waals surface area contributed by atoms with Gasteiger partial charge in [-0.15, -0.1) is 0 Å². The first-order valence-corrected chi connectivity index (χ1v) is 10.4. The molecule has 29 heavy (non-hydrogen) atoms. The molecule has 1 atom stereocenters. The number of aromatic nitrogens is 3. The minimum absolute atomic E-state index is 0.272. The molecule has 0 bridgehead atoms. The first-order valence-electron chi connectivity index (χ1n) is 10.4. The van der Waals surface area contributed by atoms with Gasteiger partial charge in [0, 0.05) is 50.9 Å². The highest BCUT2D eigenvalue weighted by molar-refractivity contribution is 5.90. The van der Waals surface area contributed by atoms with E-state index < -0.39 is 0 Å². The van der Waals surface area contributed by atoms with Crippen molar-refractivity contribution in [2.24, 2.45) is 0 Å². The highest BCUT2D eigenvalue weighted by Crippen LogP contribution is 2.25. The SMILES string of the molecule is c1ccc(N2CCN(c3nc(NCC4CCCO4)c4ccccc4n3)CC2)nc1. The monoisotopic (exact) mass is 390 g/mol. The molecule has 0 spiro atoms. The van der Waals surface area contributed by atoms with Gasteiger partial charge in [-0.3, -0.25) is 0 Å². The van der Waals surface area contributed by atoms with Gasteiger partial charge in [0.15, 0.2) is 0 Å². The number of pyridine rings is 1. The van der Waals surface area contributed by atoms with Gasteiger partial charge in [0.25, 0.3) is 0 Å². The van der Waals surface area contributed by atoms with Gasteiger partial charge in [-0.1, -0.05) is 18.2 Å². The van der Waals surface area contributed by atoms with Gasteiger partial charge in [-0.25, -0.2) is 9.97 Å². The molecular weight excluding hydrogens is 364 g/mol. The standard InChI is InChI=1S/C22H26N6O/c1-2-8-19-18(7-1)21(24-16-17-6-5-15-29-17)26-22(25-19)28-13-11-27(12-14-28)20-9-3-4-10-23-20/h1-4,7-10,17H,5-6,11-16H2,(H,24,25,26). The quantitative estimate of drug-likeness (QED) is 0.718. The van der Waals surface area contributed by atoms with Crippen molar-refractivity contribution in [3.8, 4) is 0 Å². The first-order chi connectivity index (χ1) is 14.4. The lowest BCUT2D eigenvalue weighted by molar-refractivity contribution is 0.120. The van der Waals surface area contributed by atoms with Gasteiger partial charge in [-0.05, 0) is 37.1 Å². The summed E-state index contributed by atoms with van der Waals surface area (Å²) in [5, 5.41) is 4.58. The van der Waals surface area contributed by atoms with Crippen molar-refractivity contribution in [2.45, 2.75) is 18.9 Å². The lowest BCUT2D eigenvalue weighted by Crippen LogP contribution is -2.47. The van der Waals surface area contributed by atoms with Crippen LogP contribution in [0.5, 0.6) is 0 Å². The fourth-order valence-electron chi connectivity index (χ4n) is 4.03. The molecule has 7 heteroatoms. The molecule has 2 aliphatic heterocycles. The van der Waals surface area contributed by atoms with Crippen LogP contribution in [0.1, 0.15) is 12.8 Å². The third-order valence-electron chi connectivity index (χ3n) is 5.65. The predicted octanol–water partition coefficient (Wildman–Crippen LogP) is 2.94. The number of nitrogens with one attached hydrogen (secondary N) is 1. The Kier molecular flexibility index (Phi) is 5.13. The molecule has 0 amide bonds. The van der Waals surface area contributed by atoms with Crippen LogP contribution in [-0.2, 0) is 4.74 Å². The topological polar surface area (TPSA) is 66.4 Å². The molecule has 4 heterocycles. The summed E-state index contributed by atoms with van der Waals surface area (Å²) in [6.45, 7) is 5.22. The van der Waals surface area contributed by atoms with Crippen molar-refractivity contribution in [3.63, 3.8) is 0 Å². The van der Waals surface area contributed by atoms with Crippen molar-refractivity contribution in [1.82, 2.24) is 15.0 Å². The second-order valence-electron chi connectivity index (χ2n) is 7.57. The van der Waals surface area contributed by atoms with Crippen LogP contribution in [0.4, 0.5) is 17.6 Å². The minimum atomic E-state index is 0.272. The van der Waals surface area contributed by atoms with Crippen LogP contribution < -0.4 is 15.1 Å². The molecule has 1 N–H and O–H groups in total. The molecule has 0 saturated carbocycles. The van der Waals surface area contributed by atoms with Gasteiger partial charge in [-0.2, -0.15) is 4.98 Å². The Hall–Kier alpha value is -2.93. The summed E-state index contributed by atoms with van der Waals surface area (Å²) in [6, 6.07) is 14.3. The zero-order chi connectivity index (χ0) is 19.5. The van der Waals surface area contributed by atoms with E-state index in [0.29, 0.717) is 0 Å². The third kappa shape index (κ3) is 3.96. The number of para-hydroxylation sites is 1. The van der Waals surface area contributed by atoms with Gasteiger partial charge >= 0.3 is 0 Å². The summed E-state index contributed by atoms with van der Waals surface area (Å²) in [4.78, 5) is 18.8. The van der Waals surface area contributed by atoms with Crippen molar-refractivity contribution in [1.29, 1.82) is 0 Å². The molecule has 0 radical (unpaired) electrons. The minimum Gasteiger partial charge on any atom is -0.376 e. The molecule has 3 aromatic rings. The molecule has 2 saturated heterocycles. The maximum Gasteiger partial charge on any atom is 0.228 e. The smallest absolute Gasteiger partial charge is 0.228 e. The molecule has 2 fully saturated rings. The highest BCUT2D eigenvalue weighted by Gasteiger charge is 2.22. The van der Waals surface area contributed by atoms with Crippen LogP contribution in [0.15, 0.2) is 48.7 Å². The number of rotatable bonds is 5. The number of hydrogen-bond acceptors (Lipinski definition) is 7. The maximum atomic E-state index is 5.76. The first kappa shape index (κ1) is 18.1. The van der Waals surface area contributed by atoms with Crippen molar-refractivity contribution >= 4 is 28.5 Å². The van der Waals surface area contributed by atoms with E-state index in [-0.39, 0.29) is 6.10 Å². The van der Waals surface area contributed by atoms with Gasteiger partial charge in [0.1, 0.15) is 11.6 Å². The Morgan fingerprint density at radius 3 is 2.59 bits per heavy atom. The molecule has 1 unspecified atom stereocenters. The third-order valence-corrected chi connectivity index (χ3v) is 5.65. The molecule has 150 valence electrons. The molecular formula is C22H26N6O. The number of hydrogen-bond donors (Lipinski definition) is 1. The van der Waals surface area contributed by atoms with E-state index in [1.54, 1.807) is 0 Å². The van der Waals surface area contributed by atoms with E-state index in [0.717, 1.165) is 80.7 Å². The summed E-state index contributed by atoms with van der Waals surface area (Å²) in [5.74, 6) is 2.72. The van der Waals surface area contributed by atoms with Crippen LogP contribution in [0.2, 0.25) is 0 Å². The van der Waals surface area contributed by atoms with E-state index in [4.69, 9.17) is 14.7 Å². The maximum absolute atomic E-state index is 5.76. The Balaban J connectivity index is 1.34. The normalized spacial score (nSPS) is 19.7. The van der Waals surface area contributed by atoms with Crippen LogP contribution in [-0.4, -0.2) is 60.4 Å². The van der Waals surface area contributed by atoms with Crippen LogP contribution in [0, 0.1) is 0 Å². The zero-order valence-corrected chi connectivity index (χ0v) is 16.5. The van der Waals surface area contributed by atoms with E-state index >= 15 is 0 Å². The lowest BCUT2D eigenvalue weighted by atomic mass is 10.2. The van der Waals surface area contributed by atoms with Crippen molar-refractivity contribution < 1.29 is 4.74 Å². The second kappa shape index (κ2) is 8.21. The lowest BCUT2D eigenvalue weighted by Gasteiger charge is -2.35. The predicted molar refractivity (Wildman–Crippen MR) is 116 cm³/mol. The fourth-order valence-corrected chi connectivity index (χ4v) is 4.03. The fraction of sp³-hybridized carbons (Fsp3) is 0.409. The molecule has 2 aromatic heterocycles. The van der Waals surface area contributed by atoms with E-state index in [2.05, 4.69) is 38.3 Å². The average molecular weight is 390 g/mol. The van der Waals surface area contributed by atoms with Crippen molar-refractivity contribution in [2.75, 3.05) is 54.4 Å². The summed E-state index contributed by atoms with van der Waals surface area (Å²) in [5.41, 5.74) is 0.972. The Bertz CT molecular complexity index is 952. The van der Waals surface area contributed by atoms with Crippen LogP contribution >= 0.6 is 0 Å². The zero-order valence-electron chi connectivity index (χ0n) is 16.5. The van der Waals surface area contributed by atoms with Gasteiger partial charge < -0.3 is 19.9 Å². The van der Waals surface area contributed by atoms with Crippen LogP contribution in [0.25, 0.3) is 10.9 Å². The molecule has 2 aliphatic rings. The average Bonchev–Trinajstić information content (AvgIpc) is 3.32. The number of ether oxygens (including phenoxy) is 1. The van der Waals surface area contributed by atoms with Crippen LogP contribution in [0.3, 0.4) is 0 Å². The van der Waals surface area contributed by atoms with Gasteiger partial charge in [0.05, 0.1) is 11.6 Å². The number of piperazine rings is 1. The number of fused-ring (bicyclic) bond motifs is 1. The van der Waals surface area contributed by atoms with E-state index in [1.165, 1.54) is 0 Å². The van der Waals surface area contributed by atoms with Gasteiger partial charge in [0.2, 0.25) is 5.95 Å². The Labute approximate surface area is 170 Å². The largest absolute Gasteiger partial charge is 0.376 e. The summed E-state index contributed by atoms with van der Waals surface area (Å²) < 4.78 is 5.76. The summed E-state index contributed by atoms with van der Waals surface area (Å²) in [6.07, 6.45) is 4.37. The number of anilines is 3. The number of benzene rings is 1. The highest BCUT2D eigenvalue weighted by atomic mass is 16.5. The molecule has 7 nitrogen and oxygen atoms in total. The van der Waals surface area contributed by atoms with Crippen molar-refractivity contribution in [3.05, 3.63) is 48.7 Å². The molecule has 1 aromatic carbocycles. The molecule has 0 aliphatic carbocycles. The number of nitrogens with zero attached hydrogens (tertiary/aromatic N) is 5. The molecule has 5 rings (SSSR count). The van der Waals surface area contributed by atoms with E-state index in [9.17, 15) is 0 Å². The summed E-state index contributed by atoms with van der Waals surface area (Å²) >= 11 is 0. The van der Waals surface area contributed by atoms with E-state index in [1.807, 2.05) is 30.5 Å². The summed E-state index contributed by atoms with van der Waals surface area (Å²) in [7, 11) is 0. The Morgan fingerprint density at radius 2 is 1.79 bits per heavy atom. The second-order valence-corrected chi connectivity index (χ2v) is 7.57.